The molecule has 0 heterocycles. The number of carbonyl (C=O) groups excluding carboxylic acids is 1. The van der Waals surface area contributed by atoms with Crippen LogP contribution >= 0.6 is 0 Å². The second-order valence-corrected chi connectivity index (χ2v) is 4.49. The lowest BCUT2D eigenvalue weighted by molar-refractivity contribution is -0.117. The van der Waals surface area contributed by atoms with Crippen LogP contribution in [-0.2, 0) is 4.79 Å². The maximum atomic E-state index is 11.6. The number of benzene rings is 1. The van der Waals surface area contributed by atoms with Gasteiger partial charge >= 0.3 is 0 Å². The zero-order valence-electron chi connectivity index (χ0n) is 11.2. The Morgan fingerprint density at radius 1 is 1.44 bits per heavy atom. The highest BCUT2D eigenvalue weighted by Crippen LogP contribution is 2.11. The molecule has 2 N–H and O–H groups in total. The molecule has 1 atom stereocenters. The largest absolute Gasteiger partial charge is 0.394 e. The van der Waals surface area contributed by atoms with Crippen LogP contribution in [0.5, 0.6) is 0 Å². The fourth-order valence-corrected chi connectivity index (χ4v) is 1.70. The molecule has 1 rings (SSSR count). The summed E-state index contributed by atoms with van der Waals surface area (Å²) in [7, 11) is 0. The molecule has 98 valence electrons. The molecule has 0 aromatic heterocycles. The molecule has 1 amide bonds. The van der Waals surface area contributed by atoms with E-state index in [1.165, 1.54) is 11.6 Å². The maximum Gasteiger partial charge on any atom is 0.244 e. The monoisotopic (exact) mass is 247 g/mol. The Labute approximate surface area is 109 Å². The second kappa shape index (κ2) is 6.97. The number of hydrogen-bond acceptors (Lipinski definition) is 2. The minimum absolute atomic E-state index is 0.0281. The summed E-state index contributed by atoms with van der Waals surface area (Å²) in [6, 6.07) is 5.94. The second-order valence-electron chi connectivity index (χ2n) is 4.49. The lowest BCUT2D eigenvalue weighted by Gasteiger charge is -2.11. The van der Waals surface area contributed by atoms with Gasteiger partial charge < -0.3 is 10.4 Å². The van der Waals surface area contributed by atoms with Crippen molar-refractivity contribution in [2.24, 2.45) is 0 Å². The first-order chi connectivity index (χ1) is 8.56. The molecule has 0 saturated heterocycles. The topological polar surface area (TPSA) is 49.3 Å². The third-order valence-electron chi connectivity index (χ3n) is 2.90. The molecule has 1 aromatic carbocycles. The van der Waals surface area contributed by atoms with Crippen molar-refractivity contribution < 1.29 is 9.90 Å². The van der Waals surface area contributed by atoms with Crippen molar-refractivity contribution in [1.82, 2.24) is 5.32 Å². The fourth-order valence-electron chi connectivity index (χ4n) is 1.70. The number of hydrogen-bond donors (Lipinski definition) is 2. The molecule has 0 aliphatic rings. The molecule has 0 fully saturated rings. The van der Waals surface area contributed by atoms with Crippen LogP contribution < -0.4 is 5.32 Å². The summed E-state index contributed by atoms with van der Waals surface area (Å²) in [5.74, 6) is -0.170. The SMILES string of the molecule is CC[C@H](CO)NC(=O)/C=C/c1ccc(C)cc1C. The van der Waals surface area contributed by atoms with E-state index in [0.717, 1.165) is 17.5 Å². The summed E-state index contributed by atoms with van der Waals surface area (Å²) in [6.45, 7) is 5.96. The van der Waals surface area contributed by atoms with Gasteiger partial charge in [-0.1, -0.05) is 30.7 Å². The smallest absolute Gasteiger partial charge is 0.244 e. The lowest BCUT2D eigenvalue weighted by Crippen LogP contribution is -2.35. The molecule has 0 aliphatic heterocycles. The summed E-state index contributed by atoms with van der Waals surface area (Å²) in [4.78, 5) is 11.6. The first-order valence-corrected chi connectivity index (χ1v) is 6.23. The van der Waals surface area contributed by atoms with Gasteiger partial charge in [-0.3, -0.25) is 4.79 Å². The zero-order chi connectivity index (χ0) is 13.5. The van der Waals surface area contributed by atoms with E-state index in [1.54, 1.807) is 6.08 Å². The standard InChI is InChI=1S/C15H21NO2/c1-4-14(10-17)16-15(18)8-7-13-6-5-11(2)9-12(13)3/h5-9,14,17H,4,10H2,1-3H3,(H,16,18)/b8-7+/t14-/m1/s1. The minimum atomic E-state index is -0.170. The van der Waals surface area contributed by atoms with E-state index in [9.17, 15) is 4.79 Å². The number of aliphatic hydroxyl groups excluding tert-OH is 1. The molecule has 0 aliphatic carbocycles. The Hall–Kier alpha value is -1.61. The number of nitrogens with one attached hydrogen (secondary N) is 1. The minimum Gasteiger partial charge on any atom is -0.394 e. The molecule has 3 heteroatoms. The highest BCUT2D eigenvalue weighted by Gasteiger charge is 2.06. The predicted molar refractivity (Wildman–Crippen MR) is 74.3 cm³/mol. The zero-order valence-corrected chi connectivity index (χ0v) is 11.2. The molecule has 0 saturated carbocycles. The van der Waals surface area contributed by atoms with Gasteiger partial charge in [-0.15, -0.1) is 0 Å². The Morgan fingerprint density at radius 2 is 2.17 bits per heavy atom. The van der Waals surface area contributed by atoms with Crippen molar-refractivity contribution in [2.75, 3.05) is 6.61 Å². The van der Waals surface area contributed by atoms with Crippen molar-refractivity contribution in [1.29, 1.82) is 0 Å². The summed E-state index contributed by atoms with van der Waals surface area (Å²) < 4.78 is 0. The number of carbonyl (C=O) groups is 1. The summed E-state index contributed by atoms with van der Waals surface area (Å²) in [6.07, 6.45) is 4.03. The van der Waals surface area contributed by atoms with Crippen LogP contribution in [0.2, 0.25) is 0 Å². The molecule has 0 radical (unpaired) electrons. The number of rotatable bonds is 5. The van der Waals surface area contributed by atoms with E-state index in [-0.39, 0.29) is 18.6 Å². The van der Waals surface area contributed by atoms with Crippen LogP contribution in [0, 0.1) is 13.8 Å². The van der Waals surface area contributed by atoms with Crippen molar-refractivity contribution in [3.05, 3.63) is 41.0 Å². The van der Waals surface area contributed by atoms with Gasteiger partial charge in [0, 0.05) is 6.08 Å². The first kappa shape index (κ1) is 14.5. The molecule has 0 bridgehead atoms. The third-order valence-corrected chi connectivity index (χ3v) is 2.90. The maximum absolute atomic E-state index is 11.6. The predicted octanol–water partition coefficient (Wildman–Crippen LogP) is 2.20. The van der Waals surface area contributed by atoms with E-state index < -0.39 is 0 Å². The van der Waals surface area contributed by atoms with Gasteiger partial charge in [0.2, 0.25) is 5.91 Å². The normalized spacial score (nSPS) is 12.7. The van der Waals surface area contributed by atoms with Crippen LogP contribution in [0.25, 0.3) is 6.08 Å². The van der Waals surface area contributed by atoms with E-state index in [4.69, 9.17) is 5.11 Å². The highest BCUT2D eigenvalue weighted by atomic mass is 16.3. The van der Waals surface area contributed by atoms with Gasteiger partial charge in [-0.25, -0.2) is 0 Å². The Bertz CT molecular complexity index is 434. The van der Waals surface area contributed by atoms with E-state index in [1.807, 2.05) is 32.9 Å². The van der Waals surface area contributed by atoms with E-state index in [0.29, 0.717) is 0 Å². The third kappa shape index (κ3) is 4.34. The van der Waals surface area contributed by atoms with Crippen LogP contribution in [-0.4, -0.2) is 23.7 Å². The van der Waals surface area contributed by atoms with Crippen LogP contribution in [0.15, 0.2) is 24.3 Å². The molecule has 0 spiro atoms. The molecular weight excluding hydrogens is 226 g/mol. The Morgan fingerprint density at radius 3 is 2.72 bits per heavy atom. The number of amides is 1. The average molecular weight is 247 g/mol. The van der Waals surface area contributed by atoms with Crippen molar-refractivity contribution in [3.8, 4) is 0 Å². The molecule has 18 heavy (non-hydrogen) atoms. The number of aryl methyl sites for hydroxylation is 2. The first-order valence-electron chi connectivity index (χ1n) is 6.23. The summed E-state index contributed by atoms with van der Waals surface area (Å²) in [5.41, 5.74) is 3.39. The molecule has 0 unspecified atom stereocenters. The van der Waals surface area contributed by atoms with Gasteiger partial charge in [0.15, 0.2) is 0 Å². The van der Waals surface area contributed by atoms with Gasteiger partial charge in [0.1, 0.15) is 0 Å². The van der Waals surface area contributed by atoms with Crippen molar-refractivity contribution in [3.63, 3.8) is 0 Å². The fraction of sp³-hybridized carbons (Fsp3) is 0.400. The summed E-state index contributed by atoms with van der Waals surface area (Å²) in [5, 5.41) is 11.7. The van der Waals surface area contributed by atoms with E-state index in [2.05, 4.69) is 11.4 Å². The number of aliphatic hydroxyl groups is 1. The van der Waals surface area contributed by atoms with Gasteiger partial charge in [0.25, 0.3) is 0 Å². The van der Waals surface area contributed by atoms with Crippen molar-refractivity contribution in [2.45, 2.75) is 33.2 Å². The van der Waals surface area contributed by atoms with Gasteiger partial charge in [-0.05, 0) is 37.5 Å². The Kier molecular flexibility index (Phi) is 5.59. The van der Waals surface area contributed by atoms with Crippen LogP contribution in [0.4, 0.5) is 0 Å². The van der Waals surface area contributed by atoms with Gasteiger partial charge in [0.05, 0.1) is 12.6 Å². The van der Waals surface area contributed by atoms with Gasteiger partial charge in [-0.2, -0.15) is 0 Å². The molecule has 1 aromatic rings. The quantitative estimate of drug-likeness (QED) is 0.784. The summed E-state index contributed by atoms with van der Waals surface area (Å²) >= 11 is 0. The Balaban J connectivity index is 2.66. The molecule has 3 nitrogen and oxygen atoms in total. The molecular formula is C15H21NO2. The van der Waals surface area contributed by atoms with Crippen molar-refractivity contribution >= 4 is 12.0 Å². The van der Waals surface area contributed by atoms with Crippen LogP contribution in [0.3, 0.4) is 0 Å². The highest BCUT2D eigenvalue weighted by molar-refractivity contribution is 5.92. The lowest BCUT2D eigenvalue weighted by atomic mass is 10.1. The van der Waals surface area contributed by atoms with E-state index >= 15 is 0 Å². The average Bonchev–Trinajstić information content (AvgIpc) is 2.35. The van der Waals surface area contributed by atoms with Crippen LogP contribution in [0.1, 0.15) is 30.0 Å².